The molecule has 1 fully saturated rings. The van der Waals surface area contributed by atoms with Crippen molar-refractivity contribution in [3.05, 3.63) is 5.89 Å². The summed E-state index contributed by atoms with van der Waals surface area (Å²) in [4.78, 5) is 0. The zero-order valence-electron chi connectivity index (χ0n) is 8.55. The van der Waals surface area contributed by atoms with Crippen molar-refractivity contribution in [2.45, 2.75) is 37.8 Å². The van der Waals surface area contributed by atoms with Gasteiger partial charge in [-0.2, -0.15) is 13.2 Å². The molecule has 7 heteroatoms. The summed E-state index contributed by atoms with van der Waals surface area (Å²) in [6.45, 7) is -1.15. The molecule has 0 spiro atoms. The first kappa shape index (κ1) is 11.2. The molecule has 16 heavy (non-hydrogen) atoms. The van der Waals surface area contributed by atoms with Crippen LogP contribution in [0.2, 0.25) is 0 Å². The molecule has 0 atom stereocenters. The molecule has 0 aliphatic heterocycles. The largest absolute Gasteiger partial charge is 0.408 e. The van der Waals surface area contributed by atoms with Gasteiger partial charge in [-0.3, -0.25) is 0 Å². The van der Waals surface area contributed by atoms with Crippen LogP contribution in [-0.4, -0.2) is 22.9 Å². The molecule has 0 radical (unpaired) electrons. The van der Waals surface area contributed by atoms with Gasteiger partial charge < -0.3 is 9.73 Å². The van der Waals surface area contributed by atoms with E-state index in [0.29, 0.717) is 5.89 Å². The van der Waals surface area contributed by atoms with Crippen molar-refractivity contribution in [2.75, 3.05) is 11.9 Å². The summed E-state index contributed by atoms with van der Waals surface area (Å²) in [5.41, 5.74) is 0. The number of aromatic nitrogens is 2. The van der Waals surface area contributed by atoms with Crippen molar-refractivity contribution in [3.63, 3.8) is 0 Å². The van der Waals surface area contributed by atoms with Crippen LogP contribution in [0.1, 0.15) is 37.5 Å². The number of hydrogen-bond donors (Lipinski definition) is 1. The zero-order chi connectivity index (χ0) is 11.6. The average molecular weight is 235 g/mol. The van der Waals surface area contributed by atoms with E-state index in [1.807, 2.05) is 0 Å². The van der Waals surface area contributed by atoms with E-state index in [1.165, 1.54) is 0 Å². The van der Waals surface area contributed by atoms with E-state index < -0.39 is 12.7 Å². The molecule has 4 nitrogen and oxygen atoms in total. The number of hydrogen-bond acceptors (Lipinski definition) is 4. The van der Waals surface area contributed by atoms with Gasteiger partial charge in [0.25, 0.3) is 0 Å². The standard InChI is InChI=1S/C9H12F3N3O/c10-9(11,12)5-13-8-15-14-7(16-8)6-3-1-2-4-6/h6H,1-5H2,(H,13,15). The highest BCUT2D eigenvalue weighted by atomic mass is 19.4. The number of nitrogens with one attached hydrogen (secondary N) is 1. The van der Waals surface area contributed by atoms with Gasteiger partial charge in [-0.15, -0.1) is 5.10 Å². The normalized spacial score (nSPS) is 17.9. The Labute approximate surface area is 90.2 Å². The van der Waals surface area contributed by atoms with E-state index in [0.717, 1.165) is 25.7 Å². The molecule has 1 saturated carbocycles. The average Bonchev–Trinajstić information content (AvgIpc) is 2.84. The summed E-state index contributed by atoms with van der Waals surface area (Å²) in [7, 11) is 0. The predicted octanol–water partition coefficient (Wildman–Crippen LogP) is 2.70. The lowest BCUT2D eigenvalue weighted by atomic mass is 10.1. The molecule has 1 aromatic rings. The summed E-state index contributed by atoms with van der Waals surface area (Å²) in [6.07, 6.45) is -0.111. The van der Waals surface area contributed by atoms with Crippen LogP contribution in [0.25, 0.3) is 0 Å². The Morgan fingerprint density at radius 2 is 1.94 bits per heavy atom. The van der Waals surface area contributed by atoms with Crippen LogP contribution in [0, 0.1) is 0 Å². The minimum absolute atomic E-state index is 0.153. The van der Waals surface area contributed by atoms with Crippen LogP contribution in [0.15, 0.2) is 4.42 Å². The second kappa shape index (κ2) is 4.31. The highest BCUT2D eigenvalue weighted by molar-refractivity contribution is 5.18. The Morgan fingerprint density at radius 3 is 2.56 bits per heavy atom. The van der Waals surface area contributed by atoms with Crippen molar-refractivity contribution in [1.29, 1.82) is 0 Å². The van der Waals surface area contributed by atoms with Gasteiger partial charge in [0.2, 0.25) is 5.89 Å². The van der Waals surface area contributed by atoms with Gasteiger partial charge in [0.1, 0.15) is 6.54 Å². The van der Waals surface area contributed by atoms with Gasteiger partial charge >= 0.3 is 12.2 Å². The maximum Gasteiger partial charge on any atom is 0.405 e. The fraction of sp³-hybridized carbons (Fsp3) is 0.778. The quantitative estimate of drug-likeness (QED) is 0.875. The lowest BCUT2D eigenvalue weighted by Crippen LogP contribution is -2.21. The summed E-state index contributed by atoms with van der Waals surface area (Å²) in [5, 5.41) is 9.35. The van der Waals surface area contributed by atoms with E-state index in [2.05, 4.69) is 15.5 Å². The molecule has 0 aromatic carbocycles. The summed E-state index contributed by atoms with van der Waals surface area (Å²) < 4.78 is 40.8. The van der Waals surface area contributed by atoms with Crippen molar-refractivity contribution < 1.29 is 17.6 Å². The maximum atomic E-state index is 11.9. The molecule has 1 N–H and O–H groups in total. The molecule has 0 saturated heterocycles. The molecule has 0 unspecified atom stereocenters. The maximum absolute atomic E-state index is 11.9. The smallest absolute Gasteiger partial charge is 0.405 e. The topological polar surface area (TPSA) is 51.0 Å². The minimum atomic E-state index is -4.28. The fourth-order valence-corrected chi connectivity index (χ4v) is 1.82. The first-order chi connectivity index (χ1) is 7.54. The highest BCUT2D eigenvalue weighted by Crippen LogP contribution is 2.33. The number of halogens is 3. The van der Waals surface area contributed by atoms with Crippen molar-refractivity contribution in [1.82, 2.24) is 10.2 Å². The Balaban J connectivity index is 1.91. The summed E-state index contributed by atoms with van der Waals surface area (Å²) in [5.74, 6) is 0.663. The lowest BCUT2D eigenvalue weighted by Gasteiger charge is -2.05. The molecule has 1 heterocycles. The molecule has 1 aliphatic carbocycles. The van der Waals surface area contributed by atoms with E-state index >= 15 is 0 Å². The Kier molecular flexibility index (Phi) is 3.02. The van der Waals surface area contributed by atoms with Gasteiger partial charge in [0.15, 0.2) is 0 Å². The molecule has 1 aromatic heterocycles. The lowest BCUT2D eigenvalue weighted by molar-refractivity contribution is -0.115. The van der Waals surface area contributed by atoms with Crippen LogP contribution in [-0.2, 0) is 0 Å². The summed E-state index contributed by atoms with van der Waals surface area (Å²) >= 11 is 0. The van der Waals surface area contributed by atoms with Gasteiger partial charge in [-0.1, -0.05) is 17.9 Å². The monoisotopic (exact) mass is 235 g/mol. The third-order valence-corrected chi connectivity index (χ3v) is 2.59. The van der Waals surface area contributed by atoms with Crippen LogP contribution in [0.3, 0.4) is 0 Å². The molecule has 0 bridgehead atoms. The minimum Gasteiger partial charge on any atom is -0.408 e. The van der Waals surface area contributed by atoms with Crippen LogP contribution in [0.5, 0.6) is 0 Å². The first-order valence-electron chi connectivity index (χ1n) is 5.18. The second-order valence-corrected chi connectivity index (χ2v) is 3.90. The SMILES string of the molecule is FC(F)(F)CNc1nnc(C2CCCC2)o1. The summed E-state index contributed by atoms with van der Waals surface area (Å²) in [6, 6.07) is -0.153. The van der Waals surface area contributed by atoms with Crippen LogP contribution >= 0.6 is 0 Å². The Morgan fingerprint density at radius 1 is 1.25 bits per heavy atom. The Hall–Kier alpha value is -1.27. The molecule has 1 aliphatic rings. The Bertz CT molecular complexity index is 344. The van der Waals surface area contributed by atoms with Crippen LogP contribution in [0.4, 0.5) is 19.2 Å². The fourth-order valence-electron chi connectivity index (χ4n) is 1.82. The van der Waals surface area contributed by atoms with Gasteiger partial charge in [0.05, 0.1) is 0 Å². The van der Waals surface area contributed by atoms with Gasteiger partial charge in [-0.25, -0.2) is 0 Å². The molecule has 90 valence electrons. The highest BCUT2D eigenvalue weighted by Gasteiger charge is 2.28. The van der Waals surface area contributed by atoms with Crippen molar-refractivity contribution in [2.24, 2.45) is 0 Å². The first-order valence-corrected chi connectivity index (χ1v) is 5.18. The van der Waals surface area contributed by atoms with E-state index in [1.54, 1.807) is 0 Å². The van der Waals surface area contributed by atoms with Crippen molar-refractivity contribution >= 4 is 6.01 Å². The van der Waals surface area contributed by atoms with E-state index in [-0.39, 0.29) is 11.9 Å². The number of alkyl halides is 3. The molecule has 0 amide bonds. The third-order valence-electron chi connectivity index (χ3n) is 2.59. The van der Waals surface area contributed by atoms with E-state index in [4.69, 9.17) is 4.42 Å². The number of nitrogens with zero attached hydrogens (tertiary/aromatic N) is 2. The molecular weight excluding hydrogens is 223 g/mol. The van der Waals surface area contributed by atoms with E-state index in [9.17, 15) is 13.2 Å². The molecular formula is C9H12F3N3O. The van der Waals surface area contributed by atoms with Gasteiger partial charge in [-0.05, 0) is 12.8 Å². The van der Waals surface area contributed by atoms with Crippen LogP contribution < -0.4 is 5.32 Å². The third kappa shape index (κ3) is 2.86. The number of anilines is 1. The predicted molar refractivity (Wildman–Crippen MR) is 50.1 cm³/mol. The van der Waals surface area contributed by atoms with Crippen molar-refractivity contribution in [3.8, 4) is 0 Å². The van der Waals surface area contributed by atoms with Gasteiger partial charge in [0, 0.05) is 5.92 Å². The zero-order valence-corrected chi connectivity index (χ0v) is 8.55. The molecule has 2 rings (SSSR count). The second-order valence-electron chi connectivity index (χ2n) is 3.90. The number of rotatable bonds is 3.